The predicted octanol–water partition coefficient (Wildman–Crippen LogP) is 4.77. The second kappa shape index (κ2) is 8.02. The first kappa shape index (κ1) is 20.3. The zero-order valence-corrected chi connectivity index (χ0v) is 18.1. The molecule has 0 aliphatic carbocycles. The number of thiazole rings is 1. The average Bonchev–Trinajstić information content (AvgIpc) is 3.21. The highest BCUT2D eigenvalue weighted by Crippen LogP contribution is 2.32. The molecule has 29 heavy (non-hydrogen) atoms. The van der Waals surface area contributed by atoms with Gasteiger partial charge >= 0.3 is 0 Å². The third-order valence-corrected chi connectivity index (χ3v) is 8.34. The van der Waals surface area contributed by atoms with Gasteiger partial charge in [-0.2, -0.15) is 4.31 Å². The molecule has 0 spiro atoms. The number of aromatic nitrogens is 1. The average molecular weight is 450 g/mol. The van der Waals surface area contributed by atoms with Crippen molar-refractivity contribution in [3.05, 3.63) is 52.5 Å². The number of halogens is 1. The molecule has 0 saturated carbocycles. The van der Waals surface area contributed by atoms with Crippen LogP contribution in [0.3, 0.4) is 0 Å². The number of hydrogen-bond donors (Lipinski definition) is 1. The summed E-state index contributed by atoms with van der Waals surface area (Å²) >= 11 is 7.52. The number of anilines is 1. The summed E-state index contributed by atoms with van der Waals surface area (Å²) in [6.45, 7) is 2.47. The van der Waals surface area contributed by atoms with E-state index in [0.29, 0.717) is 28.3 Å². The second-order valence-corrected chi connectivity index (χ2v) is 10.2. The lowest BCUT2D eigenvalue weighted by atomic mass is 10.1. The molecule has 1 unspecified atom stereocenters. The molecule has 6 nitrogen and oxygen atoms in total. The van der Waals surface area contributed by atoms with Gasteiger partial charge in [0.25, 0.3) is 5.91 Å². The number of piperidine rings is 1. The maximum Gasteiger partial charge on any atom is 0.255 e. The molecule has 0 radical (unpaired) electrons. The molecule has 1 atom stereocenters. The van der Waals surface area contributed by atoms with Gasteiger partial charge in [-0.1, -0.05) is 18.0 Å². The maximum atomic E-state index is 12.9. The zero-order valence-electron chi connectivity index (χ0n) is 15.8. The predicted molar refractivity (Wildman–Crippen MR) is 116 cm³/mol. The molecular formula is C20H20ClN3O3S2. The first-order chi connectivity index (χ1) is 13.9. The molecule has 1 amide bonds. The summed E-state index contributed by atoms with van der Waals surface area (Å²) < 4.78 is 28.2. The Balaban J connectivity index is 1.55. The quantitative estimate of drug-likeness (QED) is 0.622. The number of sulfonamides is 1. The Labute approximate surface area is 178 Å². The van der Waals surface area contributed by atoms with Gasteiger partial charge in [0.2, 0.25) is 10.0 Å². The lowest BCUT2D eigenvalue weighted by molar-refractivity contribution is 0.102. The molecule has 3 aromatic rings. The summed E-state index contributed by atoms with van der Waals surface area (Å²) in [6, 6.07) is 9.48. The smallest absolute Gasteiger partial charge is 0.255 e. The van der Waals surface area contributed by atoms with Crippen LogP contribution in [0.15, 0.2) is 46.8 Å². The van der Waals surface area contributed by atoms with E-state index >= 15 is 0 Å². The molecular weight excluding hydrogens is 430 g/mol. The third kappa shape index (κ3) is 3.90. The van der Waals surface area contributed by atoms with Crippen LogP contribution in [0.5, 0.6) is 0 Å². The molecule has 4 rings (SSSR count). The van der Waals surface area contributed by atoms with E-state index in [-0.39, 0.29) is 16.8 Å². The minimum atomic E-state index is -3.56. The molecule has 1 aliphatic heterocycles. The molecule has 1 N–H and O–H groups in total. The van der Waals surface area contributed by atoms with Crippen molar-refractivity contribution in [1.82, 2.24) is 9.29 Å². The fourth-order valence-corrected chi connectivity index (χ4v) is 6.30. The minimum absolute atomic E-state index is 0.0107. The Morgan fingerprint density at radius 2 is 1.97 bits per heavy atom. The Hall–Kier alpha value is -2.00. The van der Waals surface area contributed by atoms with Gasteiger partial charge in [0.15, 0.2) is 0 Å². The van der Waals surface area contributed by atoms with Gasteiger partial charge in [-0.3, -0.25) is 4.79 Å². The molecule has 1 fully saturated rings. The molecule has 1 aromatic heterocycles. The van der Waals surface area contributed by atoms with E-state index in [2.05, 4.69) is 10.3 Å². The van der Waals surface area contributed by atoms with Gasteiger partial charge in [-0.15, -0.1) is 11.3 Å². The Morgan fingerprint density at radius 1 is 1.21 bits per heavy atom. The fraction of sp³-hybridized carbons (Fsp3) is 0.300. The van der Waals surface area contributed by atoms with Crippen LogP contribution in [0.2, 0.25) is 5.02 Å². The Kier molecular flexibility index (Phi) is 5.61. The standard InChI is InChI=1S/C20H20ClN3O3S2/c1-13-4-2-3-11-24(13)29(26,27)15-7-5-14(6-8-15)20(25)23-17-10-9-16(21)18-19(17)28-12-22-18/h5-10,12-13H,2-4,11H2,1H3,(H,23,25). The molecule has 9 heteroatoms. The summed E-state index contributed by atoms with van der Waals surface area (Å²) in [6.07, 6.45) is 2.79. The van der Waals surface area contributed by atoms with Gasteiger partial charge in [0, 0.05) is 18.2 Å². The second-order valence-electron chi connectivity index (χ2n) is 7.06. The monoisotopic (exact) mass is 449 g/mol. The van der Waals surface area contributed by atoms with Gasteiger partial charge in [-0.25, -0.2) is 13.4 Å². The van der Waals surface area contributed by atoms with Crippen LogP contribution in [-0.2, 0) is 10.0 Å². The highest BCUT2D eigenvalue weighted by atomic mass is 35.5. The summed E-state index contributed by atoms with van der Waals surface area (Å²) in [5, 5.41) is 3.38. The number of carbonyl (C=O) groups is 1. The van der Waals surface area contributed by atoms with E-state index in [9.17, 15) is 13.2 Å². The van der Waals surface area contributed by atoms with Gasteiger partial charge in [-0.05, 0) is 56.2 Å². The summed E-state index contributed by atoms with van der Waals surface area (Å²) in [5.74, 6) is -0.322. The van der Waals surface area contributed by atoms with Crippen molar-refractivity contribution in [3.63, 3.8) is 0 Å². The van der Waals surface area contributed by atoms with Crippen molar-refractivity contribution in [1.29, 1.82) is 0 Å². The number of amides is 1. The van der Waals surface area contributed by atoms with E-state index in [0.717, 1.165) is 24.0 Å². The molecule has 2 heterocycles. The van der Waals surface area contributed by atoms with Crippen LogP contribution in [0.25, 0.3) is 10.2 Å². The van der Waals surface area contributed by atoms with Crippen molar-refractivity contribution in [2.24, 2.45) is 0 Å². The van der Waals surface area contributed by atoms with E-state index in [1.165, 1.54) is 35.6 Å². The lowest BCUT2D eigenvalue weighted by Gasteiger charge is -2.32. The summed E-state index contributed by atoms with van der Waals surface area (Å²) in [4.78, 5) is 17.1. The molecule has 1 aliphatic rings. The number of nitrogens with zero attached hydrogens (tertiary/aromatic N) is 2. The van der Waals surface area contributed by atoms with Gasteiger partial charge < -0.3 is 5.32 Å². The minimum Gasteiger partial charge on any atom is -0.321 e. The van der Waals surface area contributed by atoms with Crippen LogP contribution in [0.1, 0.15) is 36.5 Å². The van der Waals surface area contributed by atoms with Crippen molar-refractivity contribution >= 4 is 54.8 Å². The normalized spacial score (nSPS) is 18.1. The van der Waals surface area contributed by atoms with Crippen LogP contribution < -0.4 is 5.32 Å². The summed E-state index contributed by atoms with van der Waals surface area (Å²) in [5.41, 5.74) is 3.32. The maximum absolute atomic E-state index is 12.9. The first-order valence-corrected chi connectivity index (χ1v) is 12.0. The van der Waals surface area contributed by atoms with Gasteiger partial charge in [0.1, 0.15) is 5.52 Å². The van der Waals surface area contributed by atoms with E-state index in [4.69, 9.17) is 11.6 Å². The van der Waals surface area contributed by atoms with E-state index in [1.807, 2.05) is 6.92 Å². The number of fused-ring (bicyclic) bond motifs is 1. The molecule has 0 bridgehead atoms. The topological polar surface area (TPSA) is 79.4 Å². The first-order valence-electron chi connectivity index (χ1n) is 9.33. The van der Waals surface area contributed by atoms with Crippen LogP contribution in [0, 0.1) is 0 Å². The number of carbonyl (C=O) groups excluding carboxylic acids is 1. The third-order valence-electron chi connectivity index (χ3n) is 5.15. The zero-order chi connectivity index (χ0) is 20.6. The highest BCUT2D eigenvalue weighted by molar-refractivity contribution is 7.89. The highest BCUT2D eigenvalue weighted by Gasteiger charge is 2.30. The number of benzene rings is 2. The largest absolute Gasteiger partial charge is 0.321 e. The van der Waals surface area contributed by atoms with Crippen LogP contribution in [-0.4, -0.2) is 36.2 Å². The fourth-order valence-electron chi connectivity index (χ4n) is 3.55. The van der Waals surface area contributed by atoms with Crippen molar-refractivity contribution in [2.75, 3.05) is 11.9 Å². The van der Waals surface area contributed by atoms with Crippen LogP contribution >= 0.6 is 22.9 Å². The molecule has 152 valence electrons. The Morgan fingerprint density at radius 3 is 2.69 bits per heavy atom. The molecule has 1 saturated heterocycles. The van der Waals surface area contributed by atoms with E-state index in [1.54, 1.807) is 21.9 Å². The van der Waals surface area contributed by atoms with E-state index < -0.39 is 10.0 Å². The molecule has 2 aromatic carbocycles. The van der Waals surface area contributed by atoms with Crippen molar-refractivity contribution in [3.8, 4) is 0 Å². The lowest BCUT2D eigenvalue weighted by Crippen LogP contribution is -2.41. The van der Waals surface area contributed by atoms with Crippen LogP contribution in [0.4, 0.5) is 5.69 Å². The van der Waals surface area contributed by atoms with Crippen molar-refractivity contribution < 1.29 is 13.2 Å². The number of rotatable bonds is 4. The number of nitrogens with one attached hydrogen (secondary N) is 1. The van der Waals surface area contributed by atoms with Crippen molar-refractivity contribution in [2.45, 2.75) is 37.1 Å². The van der Waals surface area contributed by atoms with Gasteiger partial charge in [0.05, 0.1) is 25.8 Å². The SMILES string of the molecule is CC1CCCCN1S(=O)(=O)c1ccc(C(=O)Nc2ccc(Cl)c3ncsc23)cc1. The summed E-state index contributed by atoms with van der Waals surface area (Å²) in [7, 11) is -3.56. The Bertz CT molecular complexity index is 1160. The number of hydrogen-bond acceptors (Lipinski definition) is 5.